The van der Waals surface area contributed by atoms with E-state index >= 15 is 0 Å². The minimum absolute atomic E-state index is 0.301. The number of ether oxygens (including phenoxy) is 1. The Balaban J connectivity index is 2.71. The second-order valence-corrected chi connectivity index (χ2v) is 6.49. The molecule has 1 unspecified atom stereocenters. The molecule has 1 atom stereocenters. The van der Waals surface area contributed by atoms with Gasteiger partial charge >= 0.3 is 6.09 Å². The molecule has 0 radical (unpaired) electrons. The lowest BCUT2D eigenvalue weighted by Gasteiger charge is -2.29. The van der Waals surface area contributed by atoms with Crippen LogP contribution in [0.1, 0.15) is 38.8 Å². The molecule has 0 aromatic heterocycles. The number of alkyl carbamates (subject to hydrolysis) is 1. The summed E-state index contributed by atoms with van der Waals surface area (Å²) in [6, 6.07) is 8.21. The Morgan fingerprint density at radius 3 is 2.20 bits per heavy atom. The fourth-order valence-corrected chi connectivity index (χ4v) is 1.83. The predicted molar refractivity (Wildman–Crippen MR) is 81.8 cm³/mol. The van der Waals surface area contributed by atoms with Crippen molar-refractivity contribution in [3.8, 4) is 0 Å². The first kappa shape index (κ1) is 16.5. The number of nitrogens with one attached hydrogen (secondary N) is 1. The standard InChI is InChI=1S/C16H26N2O2/c1-12-6-8-13(9-7-12)16(5,10-17)11-18-14(19)20-15(2,3)4/h6-9H,10-11,17H2,1-5H3,(H,18,19). The highest BCUT2D eigenvalue weighted by Gasteiger charge is 2.26. The highest BCUT2D eigenvalue weighted by Crippen LogP contribution is 2.22. The van der Waals surface area contributed by atoms with E-state index in [9.17, 15) is 4.79 Å². The van der Waals surface area contributed by atoms with Crippen molar-refractivity contribution in [2.45, 2.75) is 45.6 Å². The third-order valence-corrected chi connectivity index (χ3v) is 3.22. The summed E-state index contributed by atoms with van der Waals surface area (Å²) in [5.74, 6) is 0. The smallest absolute Gasteiger partial charge is 0.407 e. The summed E-state index contributed by atoms with van der Waals surface area (Å²) in [6.07, 6.45) is -0.413. The van der Waals surface area contributed by atoms with E-state index in [2.05, 4.69) is 29.6 Å². The molecule has 0 saturated carbocycles. The van der Waals surface area contributed by atoms with Crippen molar-refractivity contribution >= 4 is 6.09 Å². The van der Waals surface area contributed by atoms with Crippen LogP contribution in [0.5, 0.6) is 0 Å². The molecule has 20 heavy (non-hydrogen) atoms. The second kappa shape index (κ2) is 6.27. The van der Waals surface area contributed by atoms with E-state index < -0.39 is 11.7 Å². The lowest BCUT2D eigenvalue weighted by Crippen LogP contribution is -2.45. The average molecular weight is 278 g/mol. The van der Waals surface area contributed by atoms with Crippen LogP contribution in [0.3, 0.4) is 0 Å². The highest BCUT2D eigenvalue weighted by atomic mass is 16.6. The number of hydrogen-bond acceptors (Lipinski definition) is 3. The largest absolute Gasteiger partial charge is 0.444 e. The highest BCUT2D eigenvalue weighted by molar-refractivity contribution is 5.67. The van der Waals surface area contributed by atoms with Gasteiger partial charge in [0.1, 0.15) is 5.60 Å². The molecule has 4 nitrogen and oxygen atoms in total. The van der Waals surface area contributed by atoms with Gasteiger partial charge in [-0.05, 0) is 33.3 Å². The minimum atomic E-state index is -0.493. The van der Waals surface area contributed by atoms with Crippen LogP contribution in [0.15, 0.2) is 24.3 Å². The van der Waals surface area contributed by atoms with Gasteiger partial charge in [0.25, 0.3) is 0 Å². The van der Waals surface area contributed by atoms with E-state index in [4.69, 9.17) is 10.5 Å². The van der Waals surface area contributed by atoms with E-state index in [0.717, 1.165) is 5.56 Å². The van der Waals surface area contributed by atoms with E-state index in [-0.39, 0.29) is 5.41 Å². The Morgan fingerprint density at radius 1 is 1.20 bits per heavy atom. The van der Waals surface area contributed by atoms with Crippen molar-refractivity contribution in [2.24, 2.45) is 5.73 Å². The van der Waals surface area contributed by atoms with E-state index in [0.29, 0.717) is 13.1 Å². The molecule has 0 heterocycles. The minimum Gasteiger partial charge on any atom is -0.444 e. The van der Waals surface area contributed by atoms with Gasteiger partial charge in [-0.2, -0.15) is 0 Å². The molecule has 1 aromatic carbocycles. The Labute approximate surface area is 121 Å². The topological polar surface area (TPSA) is 64.3 Å². The Kier molecular flexibility index (Phi) is 5.17. The molecule has 112 valence electrons. The maximum atomic E-state index is 11.7. The summed E-state index contributed by atoms with van der Waals surface area (Å²) in [4.78, 5) is 11.7. The summed E-state index contributed by atoms with van der Waals surface area (Å²) < 4.78 is 5.24. The van der Waals surface area contributed by atoms with Crippen LogP contribution in [-0.4, -0.2) is 24.8 Å². The van der Waals surface area contributed by atoms with Gasteiger partial charge in [0, 0.05) is 18.5 Å². The van der Waals surface area contributed by atoms with E-state index in [1.54, 1.807) is 0 Å². The van der Waals surface area contributed by atoms with Crippen LogP contribution >= 0.6 is 0 Å². The average Bonchev–Trinajstić information content (AvgIpc) is 2.35. The van der Waals surface area contributed by atoms with Gasteiger partial charge in [0.2, 0.25) is 0 Å². The molecule has 0 spiro atoms. The molecule has 1 rings (SSSR count). The number of benzene rings is 1. The normalized spacial score (nSPS) is 14.5. The number of nitrogens with two attached hydrogens (primary N) is 1. The van der Waals surface area contributed by atoms with Crippen LogP contribution in [0.25, 0.3) is 0 Å². The van der Waals surface area contributed by atoms with Crippen LogP contribution in [0.2, 0.25) is 0 Å². The number of hydrogen-bond donors (Lipinski definition) is 2. The maximum absolute atomic E-state index is 11.7. The molecular formula is C16H26N2O2. The summed E-state index contributed by atoms with van der Waals surface area (Å²) in [5, 5.41) is 2.80. The van der Waals surface area contributed by atoms with Crippen LogP contribution in [0, 0.1) is 6.92 Å². The summed E-state index contributed by atoms with van der Waals surface area (Å²) >= 11 is 0. The van der Waals surface area contributed by atoms with Crippen LogP contribution < -0.4 is 11.1 Å². The van der Waals surface area contributed by atoms with Crippen molar-refractivity contribution in [3.05, 3.63) is 35.4 Å². The van der Waals surface area contributed by atoms with Crippen LogP contribution in [-0.2, 0) is 10.2 Å². The van der Waals surface area contributed by atoms with Crippen molar-refractivity contribution in [1.82, 2.24) is 5.32 Å². The quantitative estimate of drug-likeness (QED) is 0.890. The molecular weight excluding hydrogens is 252 g/mol. The zero-order valence-electron chi connectivity index (χ0n) is 13.1. The number of rotatable bonds is 4. The zero-order chi connectivity index (χ0) is 15.4. The molecule has 0 fully saturated rings. The molecule has 0 aliphatic heterocycles. The maximum Gasteiger partial charge on any atom is 0.407 e. The molecule has 1 amide bonds. The molecule has 3 N–H and O–H groups in total. The Morgan fingerprint density at radius 2 is 1.75 bits per heavy atom. The summed E-state index contributed by atoms with van der Waals surface area (Å²) in [5.41, 5.74) is 7.42. The first-order valence-corrected chi connectivity index (χ1v) is 6.90. The fraction of sp³-hybridized carbons (Fsp3) is 0.562. The van der Waals surface area contributed by atoms with Gasteiger partial charge in [-0.15, -0.1) is 0 Å². The molecule has 1 aromatic rings. The second-order valence-electron chi connectivity index (χ2n) is 6.49. The zero-order valence-corrected chi connectivity index (χ0v) is 13.1. The third-order valence-electron chi connectivity index (χ3n) is 3.22. The molecule has 0 aliphatic rings. The van der Waals surface area contributed by atoms with Crippen LogP contribution in [0.4, 0.5) is 4.79 Å². The monoisotopic (exact) mass is 278 g/mol. The van der Waals surface area contributed by atoms with Gasteiger partial charge in [-0.1, -0.05) is 36.8 Å². The van der Waals surface area contributed by atoms with Gasteiger partial charge in [-0.25, -0.2) is 4.79 Å². The lowest BCUT2D eigenvalue weighted by atomic mass is 9.82. The lowest BCUT2D eigenvalue weighted by molar-refractivity contribution is 0.0516. The number of amides is 1. The van der Waals surface area contributed by atoms with Gasteiger partial charge in [0.15, 0.2) is 0 Å². The number of carbonyl (C=O) groups is 1. The fourth-order valence-electron chi connectivity index (χ4n) is 1.83. The Hall–Kier alpha value is -1.55. The van der Waals surface area contributed by atoms with Gasteiger partial charge < -0.3 is 15.8 Å². The summed E-state index contributed by atoms with van der Waals surface area (Å²) in [7, 11) is 0. The van der Waals surface area contributed by atoms with Crippen molar-refractivity contribution in [2.75, 3.05) is 13.1 Å². The number of aryl methyl sites for hydroxylation is 1. The molecule has 0 aliphatic carbocycles. The first-order valence-electron chi connectivity index (χ1n) is 6.90. The van der Waals surface area contributed by atoms with Crippen molar-refractivity contribution in [3.63, 3.8) is 0 Å². The molecule has 0 saturated heterocycles. The SMILES string of the molecule is Cc1ccc(C(C)(CN)CNC(=O)OC(C)(C)C)cc1. The van der Waals surface area contributed by atoms with Gasteiger partial charge in [0.05, 0.1) is 0 Å². The Bertz CT molecular complexity index is 449. The van der Waals surface area contributed by atoms with E-state index in [1.165, 1.54) is 5.56 Å². The summed E-state index contributed by atoms with van der Waals surface area (Å²) in [6.45, 7) is 10.5. The third kappa shape index (κ3) is 4.85. The molecule has 4 heteroatoms. The van der Waals surface area contributed by atoms with Crippen molar-refractivity contribution < 1.29 is 9.53 Å². The number of carbonyl (C=O) groups excluding carboxylic acids is 1. The van der Waals surface area contributed by atoms with Gasteiger partial charge in [-0.3, -0.25) is 0 Å². The molecule has 0 bridgehead atoms. The first-order chi connectivity index (χ1) is 9.16. The van der Waals surface area contributed by atoms with Crippen molar-refractivity contribution in [1.29, 1.82) is 0 Å². The predicted octanol–water partition coefficient (Wildman–Crippen LogP) is 2.74. The van der Waals surface area contributed by atoms with E-state index in [1.807, 2.05) is 34.6 Å².